The zero-order chi connectivity index (χ0) is 26.7. The lowest BCUT2D eigenvalue weighted by atomic mass is 10.1. The van der Waals surface area contributed by atoms with E-state index < -0.39 is 11.8 Å². The number of anilines is 1. The number of hydrogen-bond donors (Lipinski definition) is 2. The van der Waals surface area contributed by atoms with Gasteiger partial charge in [-0.3, -0.25) is 14.4 Å². The molecule has 190 valence electrons. The van der Waals surface area contributed by atoms with Crippen molar-refractivity contribution in [3.63, 3.8) is 0 Å². The molecular weight excluding hydrogens is 496 g/mol. The van der Waals surface area contributed by atoms with Crippen molar-refractivity contribution in [1.82, 2.24) is 5.32 Å². The van der Waals surface area contributed by atoms with Crippen LogP contribution in [0, 0.1) is 0 Å². The van der Waals surface area contributed by atoms with E-state index in [1.807, 2.05) is 42.6 Å². The number of hydrogen-bond acceptors (Lipinski definition) is 5. The summed E-state index contributed by atoms with van der Waals surface area (Å²) in [5, 5.41) is 7.47. The number of ketones is 1. The molecule has 0 aliphatic heterocycles. The number of allylic oxidation sites excluding steroid dienone is 1. The van der Waals surface area contributed by atoms with Gasteiger partial charge in [-0.1, -0.05) is 42.5 Å². The van der Waals surface area contributed by atoms with Gasteiger partial charge in [0.15, 0.2) is 5.78 Å². The third-order valence-electron chi connectivity index (χ3n) is 5.42. The Hall–Kier alpha value is -4.75. The Kier molecular flexibility index (Phi) is 8.99. The van der Waals surface area contributed by atoms with E-state index in [4.69, 9.17) is 4.74 Å². The molecule has 0 aliphatic rings. The summed E-state index contributed by atoms with van der Waals surface area (Å²) in [4.78, 5) is 39.6. The Morgan fingerprint density at radius 1 is 0.842 bits per heavy atom. The van der Waals surface area contributed by atoms with Gasteiger partial charge < -0.3 is 15.4 Å². The molecule has 7 heteroatoms. The van der Waals surface area contributed by atoms with Crippen LogP contribution in [0.5, 0.6) is 5.75 Å². The van der Waals surface area contributed by atoms with Crippen LogP contribution in [0.2, 0.25) is 0 Å². The van der Waals surface area contributed by atoms with Crippen LogP contribution in [-0.4, -0.2) is 24.2 Å². The summed E-state index contributed by atoms with van der Waals surface area (Å²) < 4.78 is 5.68. The second kappa shape index (κ2) is 13.0. The summed E-state index contributed by atoms with van der Waals surface area (Å²) >= 11 is 1.55. The van der Waals surface area contributed by atoms with E-state index in [-0.39, 0.29) is 11.5 Å². The van der Waals surface area contributed by atoms with Crippen molar-refractivity contribution in [3.8, 4) is 5.75 Å². The second-order valence-corrected chi connectivity index (χ2v) is 9.07. The highest BCUT2D eigenvalue weighted by molar-refractivity contribution is 7.10. The summed E-state index contributed by atoms with van der Waals surface area (Å²) in [5.74, 6) is -0.483. The Morgan fingerprint density at radius 3 is 2.29 bits per heavy atom. The van der Waals surface area contributed by atoms with Gasteiger partial charge in [0.05, 0.1) is 6.61 Å². The maximum atomic E-state index is 13.3. The van der Waals surface area contributed by atoms with E-state index >= 15 is 0 Å². The number of nitrogens with one attached hydrogen (secondary N) is 2. The molecule has 0 saturated carbocycles. The summed E-state index contributed by atoms with van der Waals surface area (Å²) in [5.41, 5.74) is 2.08. The summed E-state index contributed by atoms with van der Waals surface area (Å²) in [6, 6.07) is 26.4. The molecule has 0 radical (unpaired) electrons. The van der Waals surface area contributed by atoms with Crippen LogP contribution in [0.25, 0.3) is 12.2 Å². The Bertz CT molecular complexity index is 1460. The number of thiophene rings is 1. The van der Waals surface area contributed by atoms with Crippen molar-refractivity contribution in [1.29, 1.82) is 0 Å². The number of benzene rings is 3. The standard InChI is InChI=1S/C31H26N2O4S/c1-2-37-29-13-7-6-11-24(29)21-27(33-30(35)23-9-4-3-5-10-23)31(36)32-25-16-14-22(15-17-25)28(34)19-18-26-12-8-20-38-26/h3-21H,2H2,1H3,(H,32,36)(H,33,35)/b19-18+,27-21-. The van der Waals surface area contributed by atoms with Gasteiger partial charge in [-0.2, -0.15) is 0 Å². The molecule has 0 unspecified atom stereocenters. The van der Waals surface area contributed by atoms with Gasteiger partial charge in [0.25, 0.3) is 11.8 Å². The summed E-state index contributed by atoms with van der Waals surface area (Å²) in [6.07, 6.45) is 4.87. The molecule has 1 aromatic heterocycles. The number of rotatable bonds is 10. The van der Waals surface area contributed by atoms with Gasteiger partial charge in [0, 0.05) is 27.3 Å². The molecule has 4 aromatic rings. The van der Waals surface area contributed by atoms with Gasteiger partial charge in [0.1, 0.15) is 11.4 Å². The van der Waals surface area contributed by atoms with Crippen LogP contribution in [-0.2, 0) is 4.79 Å². The highest BCUT2D eigenvalue weighted by Crippen LogP contribution is 2.21. The lowest BCUT2D eigenvalue weighted by Crippen LogP contribution is -2.30. The second-order valence-electron chi connectivity index (χ2n) is 8.09. The first-order chi connectivity index (χ1) is 18.5. The van der Waals surface area contributed by atoms with Gasteiger partial charge in [-0.05, 0) is 79.1 Å². The van der Waals surface area contributed by atoms with Crippen LogP contribution in [0.4, 0.5) is 5.69 Å². The fourth-order valence-electron chi connectivity index (χ4n) is 3.54. The van der Waals surface area contributed by atoms with Crippen molar-refractivity contribution < 1.29 is 19.1 Å². The number of ether oxygens (including phenoxy) is 1. The minimum Gasteiger partial charge on any atom is -0.493 e. The molecule has 3 aromatic carbocycles. The van der Waals surface area contributed by atoms with E-state index in [0.717, 1.165) is 4.88 Å². The molecule has 2 N–H and O–H groups in total. The molecule has 38 heavy (non-hydrogen) atoms. The average molecular weight is 523 g/mol. The van der Waals surface area contributed by atoms with Gasteiger partial charge in [0.2, 0.25) is 0 Å². The third-order valence-corrected chi connectivity index (χ3v) is 6.25. The topological polar surface area (TPSA) is 84.5 Å². The molecule has 4 rings (SSSR count). The summed E-state index contributed by atoms with van der Waals surface area (Å²) in [6.45, 7) is 2.33. The first-order valence-corrected chi connectivity index (χ1v) is 12.9. The van der Waals surface area contributed by atoms with E-state index in [0.29, 0.717) is 34.7 Å². The monoisotopic (exact) mass is 522 g/mol. The van der Waals surface area contributed by atoms with E-state index in [9.17, 15) is 14.4 Å². The minimum absolute atomic E-state index is 0.0463. The van der Waals surface area contributed by atoms with Crippen molar-refractivity contribution in [3.05, 3.63) is 130 Å². The normalized spacial score (nSPS) is 11.2. The largest absolute Gasteiger partial charge is 0.493 e. The lowest BCUT2D eigenvalue weighted by molar-refractivity contribution is -0.113. The molecular formula is C31H26N2O4S. The predicted molar refractivity (Wildman–Crippen MR) is 152 cm³/mol. The van der Waals surface area contributed by atoms with E-state index in [1.165, 1.54) is 6.08 Å². The zero-order valence-electron chi connectivity index (χ0n) is 20.7. The molecule has 0 atom stereocenters. The number of amides is 2. The van der Waals surface area contributed by atoms with E-state index in [2.05, 4.69) is 10.6 Å². The smallest absolute Gasteiger partial charge is 0.272 e. The number of carbonyl (C=O) groups is 3. The predicted octanol–water partition coefficient (Wildman–Crippen LogP) is 6.45. The van der Waals surface area contributed by atoms with Crippen LogP contribution in [0.15, 0.2) is 108 Å². The average Bonchev–Trinajstić information content (AvgIpc) is 3.47. The van der Waals surface area contributed by atoms with Crippen molar-refractivity contribution in [2.24, 2.45) is 0 Å². The highest BCUT2D eigenvalue weighted by Gasteiger charge is 2.16. The Labute approximate surface area is 225 Å². The van der Waals surface area contributed by atoms with Crippen molar-refractivity contribution in [2.45, 2.75) is 6.92 Å². The van der Waals surface area contributed by atoms with Crippen molar-refractivity contribution in [2.75, 3.05) is 11.9 Å². The molecule has 0 aliphatic carbocycles. The van der Waals surface area contributed by atoms with Crippen LogP contribution in [0.3, 0.4) is 0 Å². The number of para-hydroxylation sites is 1. The fourth-order valence-corrected chi connectivity index (χ4v) is 4.16. The van der Waals surface area contributed by atoms with Gasteiger partial charge in [-0.25, -0.2) is 0 Å². The molecule has 6 nitrogen and oxygen atoms in total. The zero-order valence-corrected chi connectivity index (χ0v) is 21.5. The molecule has 0 saturated heterocycles. The molecule has 1 heterocycles. The molecule has 2 amide bonds. The quantitative estimate of drug-likeness (QED) is 0.185. The maximum Gasteiger partial charge on any atom is 0.272 e. The van der Waals surface area contributed by atoms with E-state index in [1.54, 1.807) is 84.2 Å². The first kappa shape index (κ1) is 26.3. The van der Waals surface area contributed by atoms with Crippen LogP contribution in [0.1, 0.15) is 38.1 Å². The third kappa shape index (κ3) is 7.15. The van der Waals surface area contributed by atoms with Gasteiger partial charge >= 0.3 is 0 Å². The van der Waals surface area contributed by atoms with Crippen molar-refractivity contribution >= 4 is 46.8 Å². The number of carbonyl (C=O) groups excluding carboxylic acids is 3. The van der Waals surface area contributed by atoms with Gasteiger partial charge in [-0.15, -0.1) is 11.3 Å². The molecule has 0 spiro atoms. The fraction of sp³-hybridized carbons (Fsp3) is 0.0645. The first-order valence-electron chi connectivity index (χ1n) is 12.0. The lowest BCUT2D eigenvalue weighted by Gasteiger charge is -2.13. The highest BCUT2D eigenvalue weighted by atomic mass is 32.1. The van der Waals surface area contributed by atoms with Crippen LogP contribution >= 0.6 is 11.3 Å². The molecule has 0 bridgehead atoms. The SMILES string of the molecule is CCOc1ccccc1/C=C(\NC(=O)c1ccccc1)C(=O)Nc1ccc(C(=O)/C=C/c2cccs2)cc1. The molecule has 0 fully saturated rings. The summed E-state index contributed by atoms with van der Waals surface area (Å²) in [7, 11) is 0. The Balaban J connectivity index is 1.54. The van der Waals surface area contributed by atoms with Crippen LogP contribution < -0.4 is 15.4 Å². The minimum atomic E-state index is -0.516. The maximum absolute atomic E-state index is 13.3. The Morgan fingerprint density at radius 2 is 1.58 bits per heavy atom.